The maximum Gasteiger partial charge on any atom is 0.247 e. The zero-order valence-electron chi connectivity index (χ0n) is 8.73. The molecule has 1 heterocycles. The monoisotopic (exact) mass is 212 g/mol. The molecule has 0 spiro atoms. The van der Waals surface area contributed by atoms with Gasteiger partial charge in [0, 0.05) is 18.1 Å². The summed E-state index contributed by atoms with van der Waals surface area (Å²) in [6.45, 7) is 3.41. The smallest absolute Gasteiger partial charge is 0.247 e. The number of carbonyl (C=O) groups excluding carboxylic acids is 1. The standard InChI is InChI=1S/C13H12N2O/c1-2-13(16)15-12-5-3-4-10(8-12)11-6-7-14-9-11/h2-9,14H,1H2,(H,15,16). The van der Waals surface area contributed by atoms with E-state index in [0.717, 1.165) is 16.8 Å². The van der Waals surface area contributed by atoms with Crippen molar-refractivity contribution in [2.75, 3.05) is 5.32 Å². The van der Waals surface area contributed by atoms with E-state index in [1.54, 1.807) is 0 Å². The van der Waals surface area contributed by atoms with E-state index >= 15 is 0 Å². The predicted molar refractivity (Wildman–Crippen MR) is 65.1 cm³/mol. The highest BCUT2D eigenvalue weighted by Crippen LogP contribution is 2.21. The average Bonchev–Trinajstić information content (AvgIpc) is 2.83. The molecule has 0 aliphatic rings. The van der Waals surface area contributed by atoms with Crippen molar-refractivity contribution >= 4 is 11.6 Å². The van der Waals surface area contributed by atoms with Crippen LogP contribution < -0.4 is 5.32 Å². The lowest BCUT2D eigenvalue weighted by atomic mass is 10.1. The summed E-state index contributed by atoms with van der Waals surface area (Å²) in [5.41, 5.74) is 2.92. The first-order valence-electron chi connectivity index (χ1n) is 4.96. The maximum absolute atomic E-state index is 11.1. The number of nitrogens with one attached hydrogen (secondary N) is 2. The van der Waals surface area contributed by atoms with E-state index in [4.69, 9.17) is 0 Å². The summed E-state index contributed by atoms with van der Waals surface area (Å²) in [6.07, 6.45) is 5.03. The number of anilines is 1. The number of hydrogen-bond acceptors (Lipinski definition) is 1. The third-order valence-electron chi connectivity index (χ3n) is 2.25. The van der Waals surface area contributed by atoms with Gasteiger partial charge in [-0.2, -0.15) is 0 Å². The fourth-order valence-corrected chi connectivity index (χ4v) is 1.47. The van der Waals surface area contributed by atoms with Gasteiger partial charge in [0.1, 0.15) is 0 Å². The highest BCUT2D eigenvalue weighted by atomic mass is 16.1. The normalized spacial score (nSPS) is 9.75. The van der Waals surface area contributed by atoms with Gasteiger partial charge >= 0.3 is 0 Å². The maximum atomic E-state index is 11.1. The molecule has 0 unspecified atom stereocenters. The number of aromatic nitrogens is 1. The Morgan fingerprint density at radius 1 is 1.31 bits per heavy atom. The summed E-state index contributed by atoms with van der Waals surface area (Å²) < 4.78 is 0. The Morgan fingerprint density at radius 3 is 2.88 bits per heavy atom. The predicted octanol–water partition coefficient (Wildman–Crippen LogP) is 2.81. The molecule has 0 bridgehead atoms. The quantitative estimate of drug-likeness (QED) is 0.755. The van der Waals surface area contributed by atoms with Gasteiger partial charge in [-0.25, -0.2) is 0 Å². The van der Waals surface area contributed by atoms with Gasteiger partial charge in [0.15, 0.2) is 0 Å². The zero-order chi connectivity index (χ0) is 11.4. The Bertz CT molecular complexity index is 500. The second-order valence-corrected chi connectivity index (χ2v) is 3.37. The number of H-pyrrole nitrogens is 1. The summed E-state index contributed by atoms with van der Waals surface area (Å²) in [5.74, 6) is -0.203. The largest absolute Gasteiger partial charge is 0.367 e. The summed E-state index contributed by atoms with van der Waals surface area (Å²) in [7, 11) is 0. The van der Waals surface area contributed by atoms with Crippen molar-refractivity contribution in [2.45, 2.75) is 0 Å². The summed E-state index contributed by atoms with van der Waals surface area (Å²) in [5, 5.41) is 2.73. The zero-order valence-corrected chi connectivity index (χ0v) is 8.73. The average molecular weight is 212 g/mol. The number of aromatic amines is 1. The molecular formula is C13H12N2O. The van der Waals surface area contributed by atoms with Crippen LogP contribution in [0.1, 0.15) is 0 Å². The first-order chi connectivity index (χ1) is 7.79. The molecule has 0 aliphatic heterocycles. The van der Waals surface area contributed by atoms with Crippen molar-refractivity contribution in [2.24, 2.45) is 0 Å². The molecule has 16 heavy (non-hydrogen) atoms. The number of rotatable bonds is 3. The van der Waals surface area contributed by atoms with E-state index in [0.29, 0.717) is 0 Å². The van der Waals surface area contributed by atoms with Crippen LogP contribution in [0.15, 0.2) is 55.4 Å². The minimum absolute atomic E-state index is 0.203. The molecule has 80 valence electrons. The van der Waals surface area contributed by atoms with Crippen LogP contribution in [0.25, 0.3) is 11.1 Å². The molecule has 0 radical (unpaired) electrons. The second-order valence-electron chi connectivity index (χ2n) is 3.37. The molecule has 1 aromatic heterocycles. The number of carbonyl (C=O) groups is 1. The van der Waals surface area contributed by atoms with Gasteiger partial charge in [-0.15, -0.1) is 0 Å². The molecular weight excluding hydrogens is 200 g/mol. The number of hydrogen-bond donors (Lipinski definition) is 2. The first-order valence-corrected chi connectivity index (χ1v) is 4.96. The second kappa shape index (κ2) is 4.49. The molecule has 2 rings (SSSR count). The van der Waals surface area contributed by atoms with Crippen LogP contribution >= 0.6 is 0 Å². The van der Waals surface area contributed by atoms with E-state index in [9.17, 15) is 4.79 Å². The lowest BCUT2D eigenvalue weighted by Crippen LogP contribution is -2.06. The molecule has 0 saturated heterocycles. The molecule has 0 aliphatic carbocycles. The van der Waals surface area contributed by atoms with Crippen LogP contribution in [0, 0.1) is 0 Å². The van der Waals surface area contributed by atoms with Crippen molar-refractivity contribution in [3.8, 4) is 11.1 Å². The first kappa shape index (κ1) is 10.2. The van der Waals surface area contributed by atoms with E-state index in [-0.39, 0.29) is 5.91 Å². The number of benzene rings is 1. The Balaban J connectivity index is 2.26. The molecule has 2 aromatic rings. The van der Waals surface area contributed by atoms with Gasteiger partial charge in [-0.3, -0.25) is 4.79 Å². The molecule has 3 heteroatoms. The molecule has 0 fully saturated rings. The molecule has 2 N–H and O–H groups in total. The topological polar surface area (TPSA) is 44.9 Å². The summed E-state index contributed by atoms with van der Waals surface area (Å²) in [4.78, 5) is 14.1. The third-order valence-corrected chi connectivity index (χ3v) is 2.25. The van der Waals surface area contributed by atoms with Crippen molar-refractivity contribution in [1.82, 2.24) is 4.98 Å². The summed E-state index contributed by atoms with van der Waals surface area (Å²) >= 11 is 0. The van der Waals surface area contributed by atoms with Gasteiger partial charge in [-0.1, -0.05) is 18.7 Å². The van der Waals surface area contributed by atoms with Crippen LogP contribution in [0.5, 0.6) is 0 Å². The molecule has 0 atom stereocenters. The minimum atomic E-state index is -0.203. The van der Waals surface area contributed by atoms with Crippen LogP contribution in [0.4, 0.5) is 5.69 Å². The Morgan fingerprint density at radius 2 is 2.19 bits per heavy atom. The number of amides is 1. The van der Waals surface area contributed by atoms with Crippen LogP contribution in [0.3, 0.4) is 0 Å². The van der Waals surface area contributed by atoms with Crippen molar-refractivity contribution in [3.05, 3.63) is 55.4 Å². The highest BCUT2D eigenvalue weighted by molar-refractivity contribution is 5.99. The van der Waals surface area contributed by atoms with E-state index in [2.05, 4.69) is 16.9 Å². The van der Waals surface area contributed by atoms with Gasteiger partial charge in [0.2, 0.25) is 5.91 Å². The van der Waals surface area contributed by atoms with E-state index < -0.39 is 0 Å². The fraction of sp³-hybridized carbons (Fsp3) is 0. The Hall–Kier alpha value is -2.29. The highest BCUT2D eigenvalue weighted by Gasteiger charge is 2.00. The molecule has 1 aromatic carbocycles. The van der Waals surface area contributed by atoms with Gasteiger partial charge < -0.3 is 10.3 Å². The van der Waals surface area contributed by atoms with E-state index in [1.165, 1.54) is 6.08 Å². The SMILES string of the molecule is C=CC(=O)Nc1cccc(-c2cc[nH]c2)c1. The van der Waals surface area contributed by atoms with Gasteiger partial charge in [-0.05, 0) is 35.4 Å². The fourth-order valence-electron chi connectivity index (χ4n) is 1.47. The van der Waals surface area contributed by atoms with Gasteiger partial charge in [0.25, 0.3) is 0 Å². The summed E-state index contributed by atoms with van der Waals surface area (Å²) in [6, 6.07) is 9.64. The molecule has 3 nitrogen and oxygen atoms in total. The Labute approximate surface area is 93.8 Å². The molecule has 1 amide bonds. The van der Waals surface area contributed by atoms with Crippen LogP contribution in [0.2, 0.25) is 0 Å². The van der Waals surface area contributed by atoms with Crippen molar-refractivity contribution in [3.63, 3.8) is 0 Å². The molecule has 0 saturated carbocycles. The van der Waals surface area contributed by atoms with Crippen molar-refractivity contribution < 1.29 is 4.79 Å². The van der Waals surface area contributed by atoms with Crippen molar-refractivity contribution in [1.29, 1.82) is 0 Å². The van der Waals surface area contributed by atoms with Crippen LogP contribution in [-0.4, -0.2) is 10.9 Å². The lowest BCUT2D eigenvalue weighted by molar-refractivity contribution is -0.111. The van der Waals surface area contributed by atoms with Gasteiger partial charge in [0.05, 0.1) is 0 Å². The Kier molecular flexibility index (Phi) is 2.87. The lowest BCUT2D eigenvalue weighted by Gasteiger charge is -2.04. The minimum Gasteiger partial charge on any atom is -0.367 e. The van der Waals surface area contributed by atoms with E-state index in [1.807, 2.05) is 42.7 Å². The third kappa shape index (κ3) is 2.20. The van der Waals surface area contributed by atoms with Crippen LogP contribution in [-0.2, 0) is 4.79 Å².